The second kappa shape index (κ2) is 7.45. The lowest BCUT2D eigenvalue weighted by Crippen LogP contribution is -2.37. The molecule has 132 valence electrons. The van der Waals surface area contributed by atoms with E-state index in [-0.39, 0.29) is 11.9 Å². The molecule has 1 aliphatic heterocycles. The molecule has 1 fully saturated rings. The molecule has 1 aromatic heterocycles. The molecule has 0 bridgehead atoms. The van der Waals surface area contributed by atoms with E-state index >= 15 is 0 Å². The average molecular weight is 348 g/mol. The second-order valence-electron chi connectivity index (χ2n) is 6.50. The van der Waals surface area contributed by atoms with Gasteiger partial charge in [-0.15, -0.1) is 10.2 Å². The van der Waals surface area contributed by atoms with Gasteiger partial charge in [-0.3, -0.25) is 9.69 Å². The summed E-state index contributed by atoms with van der Waals surface area (Å²) in [6.45, 7) is 2.77. The molecule has 7 heteroatoms. The smallest absolute Gasteiger partial charge is 0.251 e. The molecule has 0 radical (unpaired) electrons. The SMILES string of the molecule is O=C(N[C@@H]1CCN(Cc2ccccc2)C1)c1cccc(-c2nn[nH]n2)c1. The molecule has 1 saturated heterocycles. The molecule has 2 aromatic carbocycles. The number of aromatic amines is 1. The zero-order valence-electron chi connectivity index (χ0n) is 14.3. The Balaban J connectivity index is 1.36. The van der Waals surface area contributed by atoms with Crippen molar-refractivity contribution >= 4 is 5.91 Å². The van der Waals surface area contributed by atoms with Crippen LogP contribution >= 0.6 is 0 Å². The summed E-state index contributed by atoms with van der Waals surface area (Å²) in [6.07, 6.45) is 0.961. The van der Waals surface area contributed by atoms with Crippen LogP contribution in [-0.4, -0.2) is 50.6 Å². The van der Waals surface area contributed by atoms with Crippen molar-refractivity contribution in [3.05, 3.63) is 65.7 Å². The van der Waals surface area contributed by atoms with E-state index in [0.717, 1.165) is 31.6 Å². The van der Waals surface area contributed by atoms with Crippen LogP contribution in [0.25, 0.3) is 11.4 Å². The number of benzene rings is 2. The van der Waals surface area contributed by atoms with Crippen LogP contribution < -0.4 is 5.32 Å². The van der Waals surface area contributed by atoms with Crippen molar-refractivity contribution in [3.8, 4) is 11.4 Å². The fourth-order valence-corrected chi connectivity index (χ4v) is 3.29. The monoisotopic (exact) mass is 348 g/mol. The number of amides is 1. The summed E-state index contributed by atoms with van der Waals surface area (Å²) in [5.41, 5.74) is 2.67. The number of nitrogens with zero attached hydrogens (tertiary/aromatic N) is 4. The van der Waals surface area contributed by atoms with Crippen molar-refractivity contribution in [3.63, 3.8) is 0 Å². The van der Waals surface area contributed by atoms with Gasteiger partial charge in [0.15, 0.2) is 0 Å². The van der Waals surface area contributed by atoms with Gasteiger partial charge in [-0.2, -0.15) is 5.21 Å². The molecule has 0 spiro atoms. The maximum absolute atomic E-state index is 12.6. The van der Waals surface area contributed by atoms with E-state index < -0.39 is 0 Å². The molecule has 2 N–H and O–H groups in total. The van der Waals surface area contributed by atoms with Gasteiger partial charge < -0.3 is 5.32 Å². The third kappa shape index (κ3) is 3.78. The first kappa shape index (κ1) is 16.4. The largest absolute Gasteiger partial charge is 0.348 e. The van der Waals surface area contributed by atoms with Gasteiger partial charge in [-0.1, -0.05) is 42.5 Å². The van der Waals surface area contributed by atoms with E-state index in [1.165, 1.54) is 5.56 Å². The molecule has 2 heterocycles. The predicted octanol–water partition coefficient (Wildman–Crippen LogP) is 1.87. The van der Waals surface area contributed by atoms with Crippen LogP contribution in [0.5, 0.6) is 0 Å². The van der Waals surface area contributed by atoms with Crippen LogP contribution in [0.2, 0.25) is 0 Å². The molecule has 0 aliphatic carbocycles. The highest BCUT2D eigenvalue weighted by molar-refractivity contribution is 5.95. The fraction of sp³-hybridized carbons (Fsp3) is 0.263. The van der Waals surface area contributed by atoms with Crippen molar-refractivity contribution in [2.24, 2.45) is 0 Å². The maximum atomic E-state index is 12.6. The first-order chi connectivity index (χ1) is 12.8. The summed E-state index contributed by atoms with van der Waals surface area (Å²) in [7, 11) is 0. The number of hydrogen-bond donors (Lipinski definition) is 2. The Morgan fingerprint density at radius 2 is 2.08 bits per heavy atom. The standard InChI is InChI=1S/C19H20N6O/c26-19(16-8-4-7-15(11-16)18-21-23-24-22-18)20-17-9-10-25(13-17)12-14-5-2-1-3-6-14/h1-8,11,17H,9-10,12-13H2,(H,20,26)(H,21,22,23,24)/t17-/m1/s1. The Morgan fingerprint density at radius 3 is 2.88 bits per heavy atom. The average Bonchev–Trinajstić information content (AvgIpc) is 3.35. The van der Waals surface area contributed by atoms with Crippen molar-refractivity contribution in [1.82, 2.24) is 30.8 Å². The quantitative estimate of drug-likeness (QED) is 0.735. The van der Waals surface area contributed by atoms with Gasteiger partial charge in [0.25, 0.3) is 5.91 Å². The molecule has 7 nitrogen and oxygen atoms in total. The van der Waals surface area contributed by atoms with Gasteiger partial charge in [0.05, 0.1) is 0 Å². The van der Waals surface area contributed by atoms with Crippen molar-refractivity contribution in [2.45, 2.75) is 19.0 Å². The number of rotatable bonds is 5. The normalized spacial score (nSPS) is 17.3. The molecule has 1 aliphatic rings. The summed E-state index contributed by atoms with van der Waals surface area (Å²) < 4.78 is 0. The number of aromatic nitrogens is 4. The molecule has 4 rings (SSSR count). The van der Waals surface area contributed by atoms with E-state index in [9.17, 15) is 4.79 Å². The molecular weight excluding hydrogens is 328 g/mol. The van der Waals surface area contributed by atoms with Crippen molar-refractivity contribution in [2.75, 3.05) is 13.1 Å². The number of tetrazole rings is 1. The Bertz CT molecular complexity index is 865. The summed E-state index contributed by atoms with van der Waals surface area (Å²) in [5.74, 6) is 0.413. The molecule has 0 unspecified atom stereocenters. The van der Waals surface area contributed by atoms with Crippen LogP contribution in [0.15, 0.2) is 54.6 Å². The van der Waals surface area contributed by atoms with Crippen LogP contribution in [0.4, 0.5) is 0 Å². The maximum Gasteiger partial charge on any atom is 0.251 e. The van der Waals surface area contributed by atoms with Crippen LogP contribution in [0.1, 0.15) is 22.3 Å². The first-order valence-electron chi connectivity index (χ1n) is 8.69. The van der Waals surface area contributed by atoms with Gasteiger partial charge in [0, 0.05) is 36.8 Å². The zero-order chi connectivity index (χ0) is 17.8. The van der Waals surface area contributed by atoms with Crippen molar-refractivity contribution in [1.29, 1.82) is 0 Å². The van der Waals surface area contributed by atoms with Crippen LogP contribution in [0, 0.1) is 0 Å². The van der Waals surface area contributed by atoms with Gasteiger partial charge in [-0.05, 0) is 29.3 Å². The number of H-pyrrole nitrogens is 1. The molecule has 1 amide bonds. The lowest BCUT2D eigenvalue weighted by molar-refractivity contribution is 0.0937. The number of carbonyl (C=O) groups excluding carboxylic acids is 1. The van der Waals surface area contributed by atoms with E-state index in [4.69, 9.17) is 0 Å². The lowest BCUT2D eigenvalue weighted by atomic mass is 10.1. The zero-order valence-corrected chi connectivity index (χ0v) is 14.3. The summed E-state index contributed by atoms with van der Waals surface area (Å²) >= 11 is 0. The minimum atomic E-state index is -0.0677. The number of nitrogens with one attached hydrogen (secondary N) is 2. The topological polar surface area (TPSA) is 86.8 Å². The van der Waals surface area contributed by atoms with Crippen molar-refractivity contribution < 1.29 is 4.79 Å². The number of likely N-dealkylation sites (tertiary alicyclic amines) is 1. The van der Waals surface area contributed by atoms with Gasteiger partial charge in [-0.25, -0.2) is 0 Å². The highest BCUT2D eigenvalue weighted by Crippen LogP contribution is 2.17. The molecule has 1 atom stereocenters. The second-order valence-corrected chi connectivity index (χ2v) is 6.50. The Morgan fingerprint density at radius 1 is 1.19 bits per heavy atom. The third-order valence-electron chi connectivity index (χ3n) is 4.58. The minimum absolute atomic E-state index is 0.0677. The van der Waals surface area contributed by atoms with Crippen LogP contribution in [-0.2, 0) is 6.54 Å². The molecular formula is C19H20N6O. The first-order valence-corrected chi connectivity index (χ1v) is 8.69. The molecule has 3 aromatic rings. The predicted molar refractivity (Wildman–Crippen MR) is 97.2 cm³/mol. The van der Waals surface area contributed by atoms with Crippen LogP contribution in [0.3, 0.4) is 0 Å². The highest BCUT2D eigenvalue weighted by Gasteiger charge is 2.24. The molecule has 0 saturated carbocycles. The number of carbonyl (C=O) groups is 1. The lowest BCUT2D eigenvalue weighted by Gasteiger charge is -2.17. The third-order valence-corrected chi connectivity index (χ3v) is 4.58. The number of hydrogen-bond acceptors (Lipinski definition) is 5. The summed E-state index contributed by atoms with van der Waals surface area (Å²) in [6, 6.07) is 17.9. The molecule has 26 heavy (non-hydrogen) atoms. The Kier molecular flexibility index (Phi) is 4.70. The van der Waals surface area contributed by atoms with Gasteiger partial charge in [0.1, 0.15) is 0 Å². The minimum Gasteiger partial charge on any atom is -0.348 e. The van der Waals surface area contributed by atoms with E-state index in [2.05, 4.69) is 55.1 Å². The summed E-state index contributed by atoms with van der Waals surface area (Å²) in [4.78, 5) is 15.0. The highest BCUT2D eigenvalue weighted by atomic mass is 16.1. The van der Waals surface area contributed by atoms with E-state index in [0.29, 0.717) is 11.4 Å². The van der Waals surface area contributed by atoms with Gasteiger partial charge >= 0.3 is 0 Å². The fourth-order valence-electron chi connectivity index (χ4n) is 3.29. The van der Waals surface area contributed by atoms with E-state index in [1.807, 2.05) is 18.2 Å². The Hall–Kier alpha value is -3.06. The van der Waals surface area contributed by atoms with Gasteiger partial charge in [0.2, 0.25) is 5.82 Å². The Labute approximate surface area is 151 Å². The summed E-state index contributed by atoms with van der Waals surface area (Å²) in [5, 5.41) is 17.0. The van der Waals surface area contributed by atoms with E-state index in [1.54, 1.807) is 12.1 Å².